The highest BCUT2D eigenvalue weighted by molar-refractivity contribution is 9.10. The fourth-order valence-corrected chi connectivity index (χ4v) is 3.26. The van der Waals surface area contributed by atoms with E-state index in [9.17, 15) is 4.79 Å². The number of benzene rings is 2. The number of rotatable bonds is 7. The van der Waals surface area contributed by atoms with Crippen LogP contribution in [-0.2, 0) is 0 Å². The lowest BCUT2D eigenvalue weighted by Gasteiger charge is -2.14. The summed E-state index contributed by atoms with van der Waals surface area (Å²) in [6.45, 7) is 3.99. The summed E-state index contributed by atoms with van der Waals surface area (Å²) in [7, 11) is 1.52. The standard InChI is InChI=1S/C22H21BrN4O3/c1-4-14(2)21-26-18-7-6-16(23)12-17(18)22(28)27(21)25-13-15-5-8-19(30-10-9-24)20(11-15)29-3/h5-8,11-14H,4,10H2,1-3H3/t14-/m1/s1. The molecule has 0 aliphatic heterocycles. The van der Waals surface area contributed by atoms with Gasteiger partial charge in [0.1, 0.15) is 11.9 Å². The van der Waals surface area contributed by atoms with Gasteiger partial charge in [-0.25, -0.2) is 4.98 Å². The van der Waals surface area contributed by atoms with Gasteiger partial charge in [0.15, 0.2) is 18.1 Å². The SMILES string of the molecule is CC[C@@H](C)c1nc2ccc(Br)cc2c(=O)n1N=Cc1ccc(OCC#N)c(OC)c1. The fraction of sp³-hybridized carbons (Fsp3) is 0.273. The molecule has 0 spiro atoms. The number of halogens is 1. The maximum atomic E-state index is 13.2. The Morgan fingerprint density at radius 1 is 1.30 bits per heavy atom. The van der Waals surface area contributed by atoms with Crippen LogP contribution in [-0.4, -0.2) is 29.6 Å². The van der Waals surface area contributed by atoms with E-state index in [0.29, 0.717) is 33.8 Å². The number of aromatic nitrogens is 2. The molecule has 0 unspecified atom stereocenters. The van der Waals surface area contributed by atoms with Crippen LogP contribution in [0, 0.1) is 11.3 Å². The van der Waals surface area contributed by atoms with Crippen LogP contribution in [0.1, 0.15) is 37.6 Å². The Balaban J connectivity index is 2.08. The molecule has 0 aliphatic rings. The zero-order chi connectivity index (χ0) is 21.7. The molecule has 1 heterocycles. The van der Waals surface area contributed by atoms with Gasteiger partial charge in [-0.15, -0.1) is 0 Å². The Hall–Kier alpha value is -3.18. The van der Waals surface area contributed by atoms with Crippen LogP contribution in [0.25, 0.3) is 10.9 Å². The zero-order valence-electron chi connectivity index (χ0n) is 16.9. The number of hydrogen-bond acceptors (Lipinski definition) is 6. The third kappa shape index (κ3) is 4.52. The number of ether oxygens (including phenoxy) is 2. The zero-order valence-corrected chi connectivity index (χ0v) is 18.5. The van der Waals surface area contributed by atoms with Crippen molar-refractivity contribution >= 4 is 33.0 Å². The molecule has 30 heavy (non-hydrogen) atoms. The molecule has 0 bridgehead atoms. The van der Waals surface area contributed by atoms with E-state index in [2.05, 4.69) is 21.0 Å². The summed E-state index contributed by atoms with van der Waals surface area (Å²) in [4.78, 5) is 17.8. The minimum atomic E-state index is -0.228. The predicted octanol–water partition coefficient (Wildman–Crippen LogP) is 4.47. The second-order valence-corrected chi connectivity index (χ2v) is 7.58. The van der Waals surface area contributed by atoms with Gasteiger partial charge in [0.2, 0.25) is 0 Å². The predicted molar refractivity (Wildman–Crippen MR) is 120 cm³/mol. The normalized spacial score (nSPS) is 12.1. The van der Waals surface area contributed by atoms with Crippen molar-refractivity contribution in [2.24, 2.45) is 5.10 Å². The lowest BCUT2D eigenvalue weighted by molar-refractivity contribution is 0.329. The van der Waals surface area contributed by atoms with Crippen LogP contribution in [0.5, 0.6) is 11.5 Å². The highest BCUT2D eigenvalue weighted by Gasteiger charge is 2.15. The molecular formula is C22H21BrN4O3. The Morgan fingerprint density at radius 2 is 2.10 bits per heavy atom. The highest BCUT2D eigenvalue weighted by atomic mass is 79.9. The number of methoxy groups -OCH3 is 1. The van der Waals surface area contributed by atoms with Crippen molar-refractivity contribution in [3.05, 3.63) is 62.6 Å². The molecule has 0 radical (unpaired) electrons. The van der Waals surface area contributed by atoms with Crippen LogP contribution >= 0.6 is 15.9 Å². The van der Waals surface area contributed by atoms with E-state index in [4.69, 9.17) is 19.7 Å². The van der Waals surface area contributed by atoms with Gasteiger partial charge < -0.3 is 9.47 Å². The summed E-state index contributed by atoms with van der Waals surface area (Å²) in [5.41, 5.74) is 1.13. The Labute approximate surface area is 182 Å². The first-order valence-corrected chi connectivity index (χ1v) is 10.2. The molecule has 2 aromatic carbocycles. The molecule has 1 atom stereocenters. The maximum Gasteiger partial charge on any atom is 0.282 e. The molecular weight excluding hydrogens is 448 g/mol. The van der Waals surface area contributed by atoms with E-state index < -0.39 is 0 Å². The fourth-order valence-electron chi connectivity index (χ4n) is 2.90. The molecule has 0 fully saturated rings. The van der Waals surface area contributed by atoms with Gasteiger partial charge in [-0.3, -0.25) is 4.79 Å². The first kappa shape index (κ1) is 21.5. The lowest BCUT2D eigenvalue weighted by atomic mass is 10.1. The third-order valence-corrected chi connectivity index (χ3v) is 5.18. The van der Waals surface area contributed by atoms with E-state index in [-0.39, 0.29) is 18.1 Å². The highest BCUT2D eigenvalue weighted by Crippen LogP contribution is 2.27. The van der Waals surface area contributed by atoms with E-state index >= 15 is 0 Å². The third-order valence-electron chi connectivity index (χ3n) is 4.69. The summed E-state index contributed by atoms with van der Waals surface area (Å²) in [5, 5.41) is 13.6. The van der Waals surface area contributed by atoms with Gasteiger partial charge in [-0.05, 0) is 48.4 Å². The first-order chi connectivity index (χ1) is 14.5. The van der Waals surface area contributed by atoms with Gasteiger partial charge in [0, 0.05) is 10.4 Å². The smallest absolute Gasteiger partial charge is 0.282 e. The average Bonchev–Trinajstić information content (AvgIpc) is 2.76. The summed E-state index contributed by atoms with van der Waals surface area (Å²) >= 11 is 3.41. The molecule has 154 valence electrons. The van der Waals surface area contributed by atoms with Crippen molar-refractivity contribution < 1.29 is 9.47 Å². The lowest BCUT2D eigenvalue weighted by Crippen LogP contribution is -2.23. The van der Waals surface area contributed by atoms with Crippen molar-refractivity contribution in [2.45, 2.75) is 26.2 Å². The summed E-state index contributed by atoms with van der Waals surface area (Å²) in [6.07, 6.45) is 2.40. The maximum absolute atomic E-state index is 13.2. The van der Waals surface area contributed by atoms with Crippen molar-refractivity contribution in [1.29, 1.82) is 5.26 Å². The van der Waals surface area contributed by atoms with E-state index in [1.165, 1.54) is 11.8 Å². The van der Waals surface area contributed by atoms with E-state index in [0.717, 1.165) is 10.9 Å². The number of fused-ring (bicyclic) bond motifs is 1. The summed E-state index contributed by atoms with van der Waals surface area (Å²) in [6, 6.07) is 12.6. The van der Waals surface area contributed by atoms with Gasteiger partial charge in [-0.1, -0.05) is 29.8 Å². The molecule has 0 aliphatic carbocycles. The van der Waals surface area contributed by atoms with Crippen molar-refractivity contribution in [3.63, 3.8) is 0 Å². The van der Waals surface area contributed by atoms with Crippen LogP contribution in [0.3, 0.4) is 0 Å². The molecule has 1 aromatic heterocycles. The molecule has 8 heteroatoms. The largest absolute Gasteiger partial charge is 0.493 e. The first-order valence-electron chi connectivity index (χ1n) is 9.42. The second-order valence-electron chi connectivity index (χ2n) is 6.66. The molecule has 3 aromatic rings. The van der Waals surface area contributed by atoms with Gasteiger partial charge in [-0.2, -0.15) is 15.0 Å². The average molecular weight is 469 g/mol. The molecule has 0 N–H and O–H groups in total. The van der Waals surface area contributed by atoms with Crippen molar-refractivity contribution in [1.82, 2.24) is 9.66 Å². The molecule has 0 saturated heterocycles. The van der Waals surface area contributed by atoms with Crippen LogP contribution in [0.2, 0.25) is 0 Å². The van der Waals surface area contributed by atoms with Crippen LogP contribution in [0.4, 0.5) is 0 Å². The minimum absolute atomic E-state index is 0.0548. The van der Waals surface area contributed by atoms with Gasteiger partial charge in [0.05, 0.1) is 24.2 Å². The molecule has 3 rings (SSSR count). The van der Waals surface area contributed by atoms with Crippen LogP contribution < -0.4 is 15.0 Å². The second kappa shape index (κ2) is 9.55. The summed E-state index contributed by atoms with van der Waals surface area (Å²) < 4.78 is 12.8. The monoisotopic (exact) mass is 468 g/mol. The summed E-state index contributed by atoms with van der Waals surface area (Å²) in [5.74, 6) is 1.60. The van der Waals surface area contributed by atoms with E-state index in [1.807, 2.05) is 32.0 Å². The Bertz CT molecular complexity index is 1200. The van der Waals surface area contributed by atoms with Gasteiger partial charge in [0.25, 0.3) is 5.56 Å². The van der Waals surface area contributed by atoms with Crippen molar-refractivity contribution in [2.75, 3.05) is 13.7 Å². The van der Waals surface area contributed by atoms with Crippen molar-refractivity contribution in [3.8, 4) is 17.6 Å². The minimum Gasteiger partial charge on any atom is -0.493 e. The topological polar surface area (TPSA) is 89.5 Å². The van der Waals surface area contributed by atoms with Crippen LogP contribution in [0.15, 0.2) is 50.8 Å². The van der Waals surface area contributed by atoms with Gasteiger partial charge >= 0.3 is 0 Å². The molecule has 0 saturated carbocycles. The number of nitriles is 1. The number of hydrogen-bond donors (Lipinski definition) is 0. The Morgan fingerprint density at radius 3 is 2.80 bits per heavy atom. The molecule has 7 nitrogen and oxygen atoms in total. The van der Waals surface area contributed by atoms with E-state index in [1.54, 1.807) is 30.5 Å². The molecule has 0 amide bonds. The number of nitrogens with zero attached hydrogens (tertiary/aromatic N) is 4. The quantitative estimate of drug-likeness (QED) is 0.477. The Kier molecular flexibility index (Phi) is 6.85.